The molecule has 7 N–H and O–H groups in total. The van der Waals surface area contributed by atoms with E-state index in [9.17, 15) is 25.2 Å². The Balaban J connectivity index is 1.01. The number of hydrogen-bond acceptors (Lipinski definition) is 11. The van der Waals surface area contributed by atoms with Gasteiger partial charge >= 0.3 is 0 Å². The third-order valence-corrected chi connectivity index (χ3v) is 14.3. The Morgan fingerprint density at radius 2 is 1.93 bits per heavy atom. The summed E-state index contributed by atoms with van der Waals surface area (Å²) in [6.07, 6.45) is 13.4. The maximum Gasteiger partial charge on any atom is 0.187 e. The standard InChI is InChI=1S/C48H52N4O7/c1-26-4-8-31(40(56)18-26)41(57)20-29(53)7-5-27-19-43-42(21-39(27)55)58-17-16-48(14-2-3-15-48)36-12-13-38(54)32-10-11-33-44-28(22-51-46(33)49)6-9-30(45(32)44)34-23-50-37-25-52(24-35(34)37)47(36)59-43/h4,8,10-11,19,21,23-24,26,28,30-31,36,38,40-41,46-47,51,54-57H,2-3,5-7,9,14-15,18,20,22,25,49H2,1H3/t26-,28+,30+,31-,36+,38+,40-,41+,46+,47+/m1/s1. The largest absolute Gasteiger partial charge is 0.508 e. The van der Waals surface area contributed by atoms with Crippen LogP contribution in [-0.4, -0.2) is 68.3 Å². The van der Waals surface area contributed by atoms with Crippen LogP contribution in [0.25, 0.3) is 0 Å². The number of phenolic OH excluding ortho intramolecular Hbond substituents is 1. The average molecular weight is 797 g/mol. The second kappa shape index (κ2) is 15.0. The summed E-state index contributed by atoms with van der Waals surface area (Å²) in [6, 6.07) is 7.28. The molecule has 10 atom stereocenters. The molecule has 2 bridgehead atoms. The average Bonchev–Trinajstić information content (AvgIpc) is 3.96. The van der Waals surface area contributed by atoms with E-state index in [2.05, 4.69) is 46.4 Å². The molecule has 0 saturated heterocycles. The molecule has 0 amide bonds. The van der Waals surface area contributed by atoms with Gasteiger partial charge in [0.1, 0.15) is 23.7 Å². The normalized spacial score (nSPS) is 32.2. The van der Waals surface area contributed by atoms with Gasteiger partial charge in [0.15, 0.2) is 17.7 Å². The van der Waals surface area contributed by atoms with Gasteiger partial charge in [-0.05, 0) is 89.8 Å². The first-order valence-electron chi connectivity index (χ1n) is 21.4. The predicted molar refractivity (Wildman–Crippen MR) is 221 cm³/mol. The molecule has 2 aromatic rings. The van der Waals surface area contributed by atoms with E-state index in [1.807, 2.05) is 31.3 Å². The number of phenols is 1. The molecule has 59 heavy (non-hydrogen) atoms. The Labute approximate surface area is 345 Å². The number of carbonyl (C=O) groups excluding carboxylic acids is 1. The van der Waals surface area contributed by atoms with Gasteiger partial charge in [0, 0.05) is 55.3 Å². The summed E-state index contributed by atoms with van der Waals surface area (Å²) in [5.41, 5.74) is 14.0. The van der Waals surface area contributed by atoms with E-state index < -0.39 is 41.8 Å². The molecule has 5 aliphatic heterocycles. The molecule has 10 rings (SSSR count). The van der Waals surface area contributed by atoms with Gasteiger partial charge in [0.25, 0.3) is 0 Å². The minimum Gasteiger partial charge on any atom is -0.508 e. The van der Waals surface area contributed by atoms with Crippen LogP contribution in [-0.2, 0) is 11.2 Å². The fourth-order valence-electron chi connectivity index (χ4n) is 11.2. The van der Waals surface area contributed by atoms with E-state index in [-0.39, 0.29) is 54.5 Å². The van der Waals surface area contributed by atoms with Crippen molar-refractivity contribution in [1.29, 1.82) is 0 Å². The number of rotatable bonds is 6. The number of allylic oxidation sites excluding steroid dienone is 2. The van der Waals surface area contributed by atoms with Gasteiger partial charge in [0.2, 0.25) is 0 Å². The molecule has 3 aliphatic carbocycles. The van der Waals surface area contributed by atoms with Crippen molar-refractivity contribution < 1.29 is 34.7 Å². The molecule has 5 heterocycles. The van der Waals surface area contributed by atoms with Crippen LogP contribution in [0.3, 0.4) is 0 Å². The lowest BCUT2D eigenvalue weighted by atomic mass is 9.67. The van der Waals surface area contributed by atoms with Crippen LogP contribution in [0, 0.1) is 47.0 Å². The quantitative estimate of drug-likeness (QED) is 0.168. The molecule has 11 nitrogen and oxygen atoms in total. The van der Waals surface area contributed by atoms with E-state index in [0.717, 1.165) is 78.6 Å². The maximum absolute atomic E-state index is 13.2. The van der Waals surface area contributed by atoms with Crippen LogP contribution >= 0.6 is 0 Å². The lowest BCUT2D eigenvalue weighted by Crippen LogP contribution is -2.47. The highest BCUT2D eigenvalue weighted by Gasteiger charge is 2.50. The Bertz CT molecular complexity index is 2340. The molecule has 1 spiro atoms. The zero-order valence-electron chi connectivity index (χ0n) is 33.4. The van der Waals surface area contributed by atoms with Gasteiger partial charge in [-0.2, -0.15) is 0 Å². The van der Waals surface area contributed by atoms with Gasteiger partial charge in [-0.1, -0.05) is 61.8 Å². The lowest BCUT2D eigenvalue weighted by molar-refractivity contribution is -0.122. The van der Waals surface area contributed by atoms with Crippen molar-refractivity contribution in [1.82, 2.24) is 10.2 Å². The molecule has 0 aromatic heterocycles. The van der Waals surface area contributed by atoms with Crippen molar-refractivity contribution in [3.05, 3.63) is 87.8 Å². The van der Waals surface area contributed by atoms with Crippen LogP contribution < -0.4 is 20.5 Å². The zero-order chi connectivity index (χ0) is 40.6. The number of ether oxygens (including phenoxy) is 2. The second-order valence-corrected chi connectivity index (χ2v) is 18.0. The Hall–Kier alpha value is -4.88. The minimum absolute atomic E-state index is 0.0190. The van der Waals surface area contributed by atoms with Crippen molar-refractivity contribution in [2.75, 3.05) is 13.1 Å². The van der Waals surface area contributed by atoms with Crippen molar-refractivity contribution in [3.8, 4) is 41.1 Å². The van der Waals surface area contributed by atoms with E-state index in [1.54, 1.807) is 6.07 Å². The number of nitrogens with one attached hydrogen (secondary N) is 1. The van der Waals surface area contributed by atoms with E-state index in [0.29, 0.717) is 30.2 Å². The number of Topliss-reactive ketones (excluding diaryl/α,β-unsaturated/α-hetero) is 1. The highest BCUT2D eigenvalue weighted by atomic mass is 16.5. The van der Waals surface area contributed by atoms with Crippen molar-refractivity contribution in [3.63, 3.8) is 0 Å². The molecular formula is C48H52N4O7. The third-order valence-electron chi connectivity index (χ3n) is 14.3. The molecule has 1 fully saturated rings. The van der Waals surface area contributed by atoms with E-state index >= 15 is 0 Å². The summed E-state index contributed by atoms with van der Waals surface area (Å²) in [5, 5.41) is 48.3. The number of aryl methyl sites for hydroxylation is 1. The highest BCUT2D eigenvalue weighted by molar-refractivity contribution is 6.09. The molecule has 1 saturated carbocycles. The van der Waals surface area contributed by atoms with Crippen LogP contribution in [0.5, 0.6) is 17.2 Å². The number of ketones is 1. The van der Waals surface area contributed by atoms with Gasteiger partial charge in [-0.25, -0.2) is 0 Å². The molecule has 8 aliphatic rings. The van der Waals surface area contributed by atoms with Crippen LogP contribution in [0.1, 0.15) is 117 Å². The van der Waals surface area contributed by atoms with Crippen LogP contribution in [0.2, 0.25) is 0 Å². The van der Waals surface area contributed by atoms with Crippen molar-refractivity contribution in [2.45, 2.75) is 114 Å². The number of benzene rings is 2. The fourth-order valence-corrected chi connectivity index (χ4v) is 11.2. The molecule has 11 heteroatoms. The smallest absolute Gasteiger partial charge is 0.187 e. The minimum atomic E-state index is -1.06. The van der Waals surface area contributed by atoms with Gasteiger partial charge in [-0.15, -0.1) is 0 Å². The highest BCUT2D eigenvalue weighted by Crippen LogP contribution is 2.53. The lowest BCUT2D eigenvalue weighted by Gasteiger charge is -2.41. The fraction of sp³-hybridized carbons (Fsp3) is 0.500. The number of hydrogen-bond donors (Lipinski definition) is 6. The Morgan fingerprint density at radius 1 is 1.10 bits per heavy atom. The summed E-state index contributed by atoms with van der Waals surface area (Å²) in [5.74, 6) is 10.4. The molecule has 306 valence electrons. The molecule has 0 unspecified atom stereocenters. The summed E-state index contributed by atoms with van der Waals surface area (Å²) in [7, 11) is 0. The third kappa shape index (κ3) is 6.68. The van der Waals surface area contributed by atoms with Crippen LogP contribution in [0.15, 0.2) is 65.0 Å². The summed E-state index contributed by atoms with van der Waals surface area (Å²) in [4.78, 5) is 20.4. The Morgan fingerprint density at radius 3 is 2.76 bits per heavy atom. The topological polar surface area (TPSA) is 170 Å². The van der Waals surface area contributed by atoms with E-state index in [4.69, 9.17) is 20.2 Å². The first-order valence-corrected chi connectivity index (χ1v) is 21.4. The SMILES string of the molecule is C[C@@H]1C=C[C@@H]([C@@H](O)CC(=O)CCc2cc3c(cc2O)OC#CC2(CCCC2)[C@H]2C#C[C@H](O)c4ccc5c6c4[C@@H](CC[C@H]6CN[C@@H]5N)C4=CN=C5CN(C=C45)[C@H]2O3)[C@H](O)C1. The molecule has 0 radical (unpaired) electrons. The summed E-state index contributed by atoms with van der Waals surface area (Å²) in [6.45, 7) is 3.30. The second-order valence-electron chi connectivity index (χ2n) is 18.0. The number of nitrogens with two attached hydrogens (primary N) is 1. The predicted octanol–water partition coefficient (Wildman–Crippen LogP) is 5.26. The zero-order valence-corrected chi connectivity index (χ0v) is 33.4. The summed E-state index contributed by atoms with van der Waals surface area (Å²) >= 11 is 0. The number of aromatic hydroxyl groups is 1. The number of fused-ring (bicyclic) bond motifs is 6. The van der Waals surface area contributed by atoms with Gasteiger partial charge < -0.3 is 40.5 Å². The molecular weight excluding hydrogens is 745 g/mol. The molecule has 2 aromatic carbocycles. The van der Waals surface area contributed by atoms with Crippen LogP contribution in [0.4, 0.5) is 0 Å². The summed E-state index contributed by atoms with van der Waals surface area (Å²) < 4.78 is 13.2. The number of aliphatic imine (C=N–C) groups is 1. The Kier molecular flexibility index (Phi) is 9.74. The maximum atomic E-state index is 13.2. The monoisotopic (exact) mass is 796 g/mol. The first-order chi connectivity index (χ1) is 28.6. The van der Waals surface area contributed by atoms with Gasteiger partial charge in [0.05, 0.1) is 42.0 Å². The first kappa shape index (κ1) is 38.3. The van der Waals surface area contributed by atoms with E-state index in [1.165, 1.54) is 11.6 Å². The van der Waals surface area contributed by atoms with Gasteiger partial charge in [-0.3, -0.25) is 15.1 Å². The number of carbonyl (C=O) groups is 1. The van der Waals surface area contributed by atoms with Crippen molar-refractivity contribution >= 4 is 11.5 Å². The number of aliphatic hydroxyl groups is 3. The number of aliphatic hydroxyl groups excluding tert-OH is 3. The van der Waals surface area contributed by atoms with Crippen molar-refractivity contribution in [2.24, 2.45) is 33.9 Å². The number of nitrogens with zero attached hydrogens (tertiary/aromatic N) is 2.